The van der Waals surface area contributed by atoms with Gasteiger partial charge in [-0.15, -0.1) is 12.3 Å². The molecular weight excluding hydrogens is 188 g/mol. The molecule has 1 fully saturated rings. The van der Waals surface area contributed by atoms with Crippen LogP contribution in [-0.4, -0.2) is 36.0 Å². The molecule has 0 aromatic heterocycles. The number of nitrogens with one attached hydrogen (secondary N) is 1. The van der Waals surface area contributed by atoms with Gasteiger partial charge in [0.15, 0.2) is 0 Å². The molecule has 84 valence electrons. The van der Waals surface area contributed by atoms with Crippen molar-refractivity contribution in [3.63, 3.8) is 0 Å². The first kappa shape index (κ1) is 12.1. The standard InChI is InChI=1S/C12H20N2O/c1-4-7-10(3)14-9-6-8-11(12(14)15)13-5-2/h1,10-11,13H,5-9H2,2-3H3. The van der Waals surface area contributed by atoms with Gasteiger partial charge in [-0.05, 0) is 26.3 Å². The van der Waals surface area contributed by atoms with Gasteiger partial charge in [0.05, 0.1) is 6.04 Å². The van der Waals surface area contributed by atoms with E-state index in [2.05, 4.69) is 11.2 Å². The molecule has 0 spiro atoms. The second-order valence-electron chi connectivity index (χ2n) is 4.04. The Morgan fingerprint density at radius 2 is 2.47 bits per heavy atom. The summed E-state index contributed by atoms with van der Waals surface area (Å²) < 4.78 is 0. The van der Waals surface area contributed by atoms with Crippen LogP contribution in [0.2, 0.25) is 0 Å². The second kappa shape index (κ2) is 5.77. The van der Waals surface area contributed by atoms with Crippen molar-refractivity contribution in [2.45, 2.75) is 45.2 Å². The van der Waals surface area contributed by atoms with E-state index in [1.807, 2.05) is 18.7 Å². The van der Waals surface area contributed by atoms with Gasteiger partial charge in [-0.25, -0.2) is 0 Å². The van der Waals surface area contributed by atoms with E-state index in [-0.39, 0.29) is 18.0 Å². The first-order valence-corrected chi connectivity index (χ1v) is 5.68. The maximum atomic E-state index is 12.0. The van der Waals surface area contributed by atoms with Gasteiger partial charge in [0.25, 0.3) is 0 Å². The molecule has 0 aromatic rings. The molecule has 1 N–H and O–H groups in total. The molecule has 1 saturated heterocycles. The summed E-state index contributed by atoms with van der Waals surface area (Å²) in [7, 11) is 0. The Kier molecular flexibility index (Phi) is 4.64. The molecule has 2 unspecified atom stereocenters. The van der Waals surface area contributed by atoms with E-state index < -0.39 is 0 Å². The van der Waals surface area contributed by atoms with Gasteiger partial charge in [0.1, 0.15) is 0 Å². The average molecular weight is 208 g/mol. The third kappa shape index (κ3) is 2.97. The fraction of sp³-hybridized carbons (Fsp3) is 0.750. The van der Waals surface area contributed by atoms with E-state index in [4.69, 9.17) is 6.42 Å². The lowest BCUT2D eigenvalue weighted by molar-refractivity contribution is -0.138. The molecule has 2 atom stereocenters. The van der Waals surface area contributed by atoms with E-state index in [0.29, 0.717) is 6.42 Å². The van der Waals surface area contributed by atoms with Crippen molar-refractivity contribution in [1.29, 1.82) is 0 Å². The number of nitrogens with zero attached hydrogens (tertiary/aromatic N) is 1. The number of hydrogen-bond donors (Lipinski definition) is 1. The van der Waals surface area contributed by atoms with Crippen LogP contribution in [0.25, 0.3) is 0 Å². The summed E-state index contributed by atoms with van der Waals surface area (Å²) in [5.41, 5.74) is 0. The van der Waals surface area contributed by atoms with E-state index >= 15 is 0 Å². The molecule has 0 radical (unpaired) electrons. The van der Waals surface area contributed by atoms with E-state index in [0.717, 1.165) is 25.9 Å². The lowest BCUT2D eigenvalue weighted by Gasteiger charge is -2.36. The number of terminal acetylenes is 1. The molecule has 1 aliphatic heterocycles. The van der Waals surface area contributed by atoms with Crippen LogP contribution in [-0.2, 0) is 4.79 Å². The number of hydrogen-bond acceptors (Lipinski definition) is 2. The highest BCUT2D eigenvalue weighted by Gasteiger charge is 2.30. The third-order valence-electron chi connectivity index (χ3n) is 2.87. The predicted molar refractivity (Wildman–Crippen MR) is 61.3 cm³/mol. The van der Waals surface area contributed by atoms with Crippen LogP contribution in [0, 0.1) is 12.3 Å². The highest BCUT2D eigenvalue weighted by Crippen LogP contribution is 2.15. The summed E-state index contributed by atoms with van der Waals surface area (Å²) in [4.78, 5) is 13.9. The monoisotopic (exact) mass is 208 g/mol. The van der Waals surface area contributed by atoms with Gasteiger partial charge in [-0.3, -0.25) is 4.79 Å². The van der Waals surface area contributed by atoms with Crippen LogP contribution < -0.4 is 5.32 Å². The van der Waals surface area contributed by atoms with Crippen LogP contribution in [0.4, 0.5) is 0 Å². The van der Waals surface area contributed by atoms with Gasteiger partial charge >= 0.3 is 0 Å². The van der Waals surface area contributed by atoms with Crippen molar-refractivity contribution in [2.24, 2.45) is 0 Å². The van der Waals surface area contributed by atoms with Crippen LogP contribution >= 0.6 is 0 Å². The van der Waals surface area contributed by atoms with Crippen molar-refractivity contribution < 1.29 is 4.79 Å². The smallest absolute Gasteiger partial charge is 0.239 e. The summed E-state index contributed by atoms with van der Waals surface area (Å²) in [6.07, 6.45) is 7.93. The Morgan fingerprint density at radius 1 is 1.73 bits per heavy atom. The molecule has 0 aliphatic carbocycles. The van der Waals surface area contributed by atoms with Crippen molar-refractivity contribution in [3.8, 4) is 12.3 Å². The number of likely N-dealkylation sites (tertiary alicyclic amines) is 1. The largest absolute Gasteiger partial charge is 0.338 e. The number of piperidine rings is 1. The maximum absolute atomic E-state index is 12.0. The minimum atomic E-state index is 0.00368. The molecule has 1 rings (SSSR count). The SMILES string of the molecule is C#CCC(C)N1CCCC(NCC)C1=O. The van der Waals surface area contributed by atoms with Gasteiger partial charge in [-0.2, -0.15) is 0 Å². The zero-order valence-electron chi connectivity index (χ0n) is 9.62. The fourth-order valence-corrected chi connectivity index (χ4v) is 2.05. The van der Waals surface area contributed by atoms with Crippen LogP contribution in [0.3, 0.4) is 0 Å². The summed E-state index contributed by atoms with van der Waals surface area (Å²) in [5.74, 6) is 2.83. The second-order valence-corrected chi connectivity index (χ2v) is 4.04. The Bertz CT molecular complexity index is 255. The Morgan fingerprint density at radius 3 is 3.07 bits per heavy atom. The summed E-state index contributed by atoms with van der Waals surface area (Å²) in [6, 6.07) is 0.174. The Hall–Kier alpha value is -1.01. The van der Waals surface area contributed by atoms with Gasteiger partial charge in [0, 0.05) is 19.0 Å². The van der Waals surface area contributed by atoms with Gasteiger partial charge < -0.3 is 10.2 Å². The van der Waals surface area contributed by atoms with Crippen molar-refractivity contribution in [2.75, 3.05) is 13.1 Å². The molecule has 1 amide bonds. The highest BCUT2D eigenvalue weighted by molar-refractivity contribution is 5.82. The molecule has 3 nitrogen and oxygen atoms in total. The summed E-state index contributed by atoms with van der Waals surface area (Å²) in [5, 5.41) is 3.22. The zero-order chi connectivity index (χ0) is 11.3. The molecule has 0 saturated carbocycles. The van der Waals surface area contributed by atoms with Crippen molar-refractivity contribution in [1.82, 2.24) is 10.2 Å². The molecule has 0 aromatic carbocycles. The summed E-state index contributed by atoms with van der Waals surface area (Å²) in [6.45, 7) is 5.74. The molecule has 1 heterocycles. The number of carbonyl (C=O) groups is 1. The van der Waals surface area contributed by atoms with Gasteiger partial charge in [-0.1, -0.05) is 6.92 Å². The number of likely N-dealkylation sites (N-methyl/N-ethyl adjacent to an activating group) is 1. The molecular formula is C12H20N2O. The normalized spacial score (nSPS) is 23.7. The Labute approximate surface area is 92.2 Å². The molecule has 0 bridgehead atoms. The Balaban J connectivity index is 2.58. The van der Waals surface area contributed by atoms with Crippen LogP contribution in [0.1, 0.15) is 33.1 Å². The number of amides is 1. The maximum Gasteiger partial charge on any atom is 0.239 e. The third-order valence-corrected chi connectivity index (χ3v) is 2.87. The van der Waals surface area contributed by atoms with Gasteiger partial charge in [0.2, 0.25) is 5.91 Å². The zero-order valence-corrected chi connectivity index (χ0v) is 9.62. The highest BCUT2D eigenvalue weighted by atomic mass is 16.2. The van der Waals surface area contributed by atoms with Crippen molar-refractivity contribution >= 4 is 5.91 Å². The fourth-order valence-electron chi connectivity index (χ4n) is 2.05. The molecule has 1 aliphatic rings. The number of rotatable bonds is 4. The topological polar surface area (TPSA) is 32.3 Å². The van der Waals surface area contributed by atoms with E-state index in [1.54, 1.807) is 0 Å². The van der Waals surface area contributed by atoms with Crippen molar-refractivity contribution in [3.05, 3.63) is 0 Å². The lowest BCUT2D eigenvalue weighted by atomic mass is 10.0. The predicted octanol–water partition coefficient (Wildman–Crippen LogP) is 0.999. The molecule has 15 heavy (non-hydrogen) atoms. The minimum absolute atomic E-state index is 0.00368. The molecule has 3 heteroatoms. The lowest BCUT2D eigenvalue weighted by Crippen LogP contribution is -2.53. The first-order valence-electron chi connectivity index (χ1n) is 5.68. The number of carbonyl (C=O) groups excluding carboxylic acids is 1. The van der Waals surface area contributed by atoms with Crippen LogP contribution in [0.5, 0.6) is 0 Å². The minimum Gasteiger partial charge on any atom is -0.338 e. The quantitative estimate of drug-likeness (QED) is 0.699. The van der Waals surface area contributed by atoms with E-state index in [9.17, 15) is 4.79 Å². The van der Waals surface area contributed by atoms with E-state index in [1.165, 1.54) is 0 Å². The van der Waals surface area contributed by atoms with Crippen LogP contribution in [0.15, 0.2) is 0 Å². The summed E-state index contributed by atoms with van der Waals surface area (Å²) >= 11 is 0. The first-order chi connectivity index (χ1) is 7.20. The average Bonchev–Trinajstić information content (AvgIpc) is 2.22.